The van der Waals surface area contributed by atoms with E-state index in [0.29, 0.717) is 11.3 Å². The summed E-state index contributed by atoms with van der Waals surface area (Å²) in [6.07, 6.45) is 2.91. The molecule has 102 valence electrons. The predicted octanol–water partition coefficient (Wildman–Crippen LogP) is 0.486. The monoisotopic (exact) mass is 284 g/mol. The van der Waals surface area contributed by atoms with Crippen LogP contribution in [0.3, 0.4) is 0 Å². The van der Waals surface area contributed by atoms with Gasteiger partial charge in [0.05, 0.1) is 12.9 Å². The molecule has 0 amide bonds. The van der Waals surface area contributed by atoms with Crippen molar-refractivity contribution >= 4 is 10.0 Å². The molecule has 0 saturated heterocycles. The summed E-state index contributed by atoms with van der Waals surface area (Å²) >= 11 is 0. The topological polar surface area (TPSA) is 101 Å². The van der Waals surface area contributed by atoms with Gasteiger partial charge in [-0.15, -0.1) is 0 Å². The van der Waals surface area contributed by atoms with Gasteiger partial charge in [-0.1, -0.05) is 6.07 Å². The number of benzene rings is 1. The second kappa shape index (κ2) is 5.47. The smallest absolute Gasteiger partial charge is 0.243 e. The number of nitrogens with one attached hydrogen (secondary N) is 2. The first-order valence-electron chi connectivity index (χ1n) is 5.48. The number of rotatable bonds is 5. The van der Waals surface area contributed by atoms with Crippen LogP contribution in [-0.4, -0.2) is 18.4 Å². The van der Waals surface area contributed by atoms with Crippen LogP contribution in [0, 0.1) is 5.82 Å². The van der Waals surface area contributed by atoms with Crippen LogP contribution in [0.2, 0.25) is 0 Å². The number of sulfonamides is 1. The molecule has 19 heavy (non-hydrogen) atoms. The molecular weight excluding hydrogens is 271 g/mol. The molecule has 0 aliphatic rings. The molecule has 0 bridgehead atoms. The van der Waals surface area contributed by atoms with Crippen LogP contribution in [0.15, 0.2) is 35.6 Å². The van der Waals surface area contributed by atoms with Gasteiger partial charge in [0, 0.05) is 18.4 Å². The quantitative estimate of drug-likeness (QED) is 0.743. The van der Waals surface area contributed by atoms with Crippen LogP contribution in [0.1, 0.15) is 11.3 Å². The van der Waals surface area contributed by atoms with Crippen LogP contribution < -0.4 is 10.5 Å². The number of H-pyrrole nitrogens is 1. The van der Waals surface area contributed by atoms with Gasteiger partial charge in [0.2, 0.25) is 10.0 Å². The third-order valence-corrected chi connectivity index (χ3v) is 3.96. The Balaban J connectivity index is 2.19. The van der Waals surface area contributed by atoms with Gasteiger partial charge in [0.1, 0.15) is 10.7 Å². The lowest BCUT2D eigenvalue weighted by molar-refractivity contribution is 0.555. The van der Waals surface area contributed by atoms with Crippen LogP contribution in [0.25, 0.3) is 0 Å². The SMILES string of the molecule is NCc1ccc(S(=O)(=O)NCc2cnc[nH]2)c(F)c1. The van der Waals surface area contributed by atoms with E-state index < -0.39 is 20.7 Å². The number of nitrogens with two attached hydrogens (primary N) is 1. The molecule has 0 aliphatic carbocycles. The predicted molar refractivity (Wildman–Crippen MR) is 66.9 cm³/mol. The maximum absolute atomic E-state index is 13.7. The maximum Gasteiger partial charge on any atom is 0.243 e. The summed E-state index contributed by atoms with van der Waals surface area (Å²) in [6.45, 7) is 0.166. The molecule has 0 atom stereocenters. The normalized spacial score (nSPS) is 11.7. The van der Waals surface area contributed by atoms with Gasteiger partial charge in [-0.25, -0.2) is 22.5 Å². The standard InChI is InChI=1S/C11H13FN4O2S/c12-10-3-8(4-13)1-2-11(10)19(17,18)16-6-9-5-14-7-15-9/h1-3,5,7,16H,4,6,13H2,(H,14,15). The van der Waals surface area contributed by atoms with Crippen LogP contribution in [-0.2, 0) is 23.1 Å². The summed E-state index contributed by atoms with van der Waals surface area (Å²) in [4.78, 5) is 6.10. The van der Waals surface area contributed by atoms with Crippen molar-refractivity contribution in [3.63, 3.8) is 0 Å². The largest absolute Gasteiger partial charge is 0.347 e. The lowest BCUT2D eigenvalue weighted by Crippen LogP contribution is -2.24. The minimum absolute atomic E-state index is 0.0143. The van der Waals surface area contributed by atoms with E-state index in [1.807, 2.05) is 0 Å². The third-order valence-electron chi connectivity index (χ3n) is 2.53. The first kappa shape index (κ1) is 13.7. The Kier molecular flexibility index (Phi) is 3.93. The van der Waals surface area contributed by atoms with Gasteiger partial charge >= 0.3 is 0 Å². The van der Waals surface area contributed by atoms with Gasteiger partial charge < -0.3 is 10.7 Å². The summed E-state index contributed by atoms with van der Waals surface area (Å²) in [6, 6.07) is 3.80. The number of hydrogen-bond acceptors (Lipinski definition) is 4. The highest BCUT2D eigenvalue weighted by molar-refractivity contribution is 7.89. The van der Waals surface area contributed by atoms with Gasteiger partial charge in [-0.2, -0.15) is 0 Å². The molecule has 4 N–H and O–H groups in total. The van der Waals surface area contributed by atoms with Gasteiger partial charge in [-0.05, 0) is 17.7 Å². The van der Waals surface area contributed by atoms with Crippen molar-refractivity contribution in [1.29, 1.82) is 0 Å². The van der Waals surface area contributed by atoms with E-state index in [1.54, 1.807) is 0 Å². The molecule has 1 aromatic carbocycles. The Morgan fingerprint density at radius 2 is 2.21 bits per heavy atom. The van der Waals surface area contributed by atoms with E-state index in [4.69, 9.17) is 5.73 Å². The zero-order valence-electron chi connectivity index (χ0n) is 9.93. The Morgan fingerprint density at radius 3 is 2.79 bits per heavy atom. The van der Waals surface area contributed by atoms with E-state index in [0.717, 1.165) is 6.07 Å². The van der Waals surface area contributed by atoms with Crippen molar-refractivity contribution in [2.45, 2.75) is 18.0 Å². The van der Waals surface area contributed by atoms with Crippen molar-refractivity contribution < 1.29 is 12.8 Å². The summed E-state index contributed by atoms with van der Waals surface area (Å²) in [7, 11) is -3.91. The van der Waals surface area contributed by atoms with Crippen LogP contribution >= 0.6 is 0 Å². The second-order valence-electron chi connectivity index (χ2n) is 3.87. The molecule has 0 fully saturated rings. The number of hydrogen-bond donors (Lipinski definition) is 3. The average molecular weight is 284 g/mol. The highest BCUT2D eigenvalue weighted by atomic mass is 32.2. The lowest BCUT2D eigenvalue weighted by atomic mass is 10.2. The molecule has 0 radical (unpaired) electrons. The third kappa shape index (κ3) is 3.16. The molecule has 1 heterocycles. The van der Waals surface area contributed by atoms with Crippen molar-refractivity contribution in [2.75, 3.05) is 0 Å². The van der Waals surface area contributed by atoms with E-state index in [9.17, 15) is 12.8 Å². The summed E-state index contributed by atoms with van der Waals surface area (Å²) in [5.41, 5.74) is 6.48. The number of aromatic amines is 1. The molecule has 6 nitrogen and oxygen atoms in total. The minimum Gasteiger partial charge on any atom is -0.347 e. The highest BCUT2D eigenvalue weighted by Crippen LogP contribution is 2.16. The van der Waals surface area contributed by atoms with Gasteiger partial charge in [-0.3, -0.25) is 0 Å². The zero-order chi connectivity index (χ0) is 13.9. The summed E-state index contributed by atoms with van der Waals surface area (Å²) in [5, 5.41) is 0. The number of aromatic nitrogens is 2. The first-order valence-corrected chi connectivity index (χ1v) is 6.96. The van der Waals surface area contributed by atoms with E-state index in [2.05, 4.69) is 14.7 Å². The lowest BCUT2D eigenvalue weighted by Gasteiger charge is -2.07. The fourth-order valence-electron chi connectivity index (χ4n) is 1.52. The van der Waals surface area contributed by atoms with Crippen molar-refractivity contribution in [3.8, 4) is 0 Å². The van der Waals surface area contributed by atoms with Crippen LogP contribution in [0.5, 0.6) is 0 Å². The van der Waals surface area contributed by atoms with Crippen LogP contribution in [0.4, 0.5) is 4.39 Å². The molecule has 0 aliphatic heterocycles. The first-order chi connectivity index (χ1) is 9.03. The number of halogens is 1. The summed E-state index contributed by atoms with van der Waals surface area (Å²) in [5.74, 6) is -0.819. The van der Waals surface area contributed by atoms with Crippen molar-refractivity contribution in [2.24, 2.45) is 5.73 Å². The molecule has 8 heteroatoms. The molecule has 0 saturated carbocycles. The van der Waals surface area contributed by atoms with E-state index >= 15 is 0 Å². The fourth-order valence-corrected chi connectivity index (χ4v) is 2.58. The number of imidazole rings is 1. The Labute approximate surface area is 109 Å². The van der Waals surface area contributed by atoms with Gasteiger partial charge in [0.25, 0.3) is 0 Å². The zero-order valence-corrected chi connectivity index (χ0v) is 10.7. The van der Waals surface area contributed by atoms with E-state index in [1.165, 1.54) is 24.7 Å². The van der Waals surface area contributed by atoms with Crippen molar-refractivity contribution in [3.05, 3.63) is 47.8 Å². The highest BCUT2D eigenvalue weighted by Gasteiger charge is 2.19. The average Bonchev–Trinajstić information content (AvgIpc) is 2.89. The molecular formula is C11H13FN4O2S. The second-order valence-corrected chi connectivity index (χ2v) is 5.61. The Morgan fingerprint density at radius 1 is 1.42 bits per heavy atom. The van der Waals surface area contributed by atoms with Gasteiger partial charge in [0.15, 0.2) is 0 Å². The minimum atomic E-state index is -3.91. The molecule has 0 unspecified atom stereocenters. The van der Waals surface area contributed by atoms with E-state index in [-0.39, 0.29) is 13.1 Å². The summed E-state index contributed by atoms with van der Waals surface area (Å²) < 4.78 is 39.9. The molecule has 2 aromatic rings. The Hall–Kier alpha value is -1.77. The maximum atomic E-state index is 13.7. The molecule has 1 aromatic heterocycles. The number of nitrogens with zero attached hydrogens (tertiary/aromatic N) is 1. The fraction of sp³-hybridized carbons (Fsp3) is 0.182. The molecule has 2 rings (SSSR count). The van der Waals surface area contributed by atoms with Crippen molar-refractivity contribution in [1.82, 2.24) is 14.7 Å². The Bertz CT molecular complexity index is 655. The molecule has 0 spiro atoms.